The molecule has 0 aromatic rings. The van der Waals surface area contributed by atoms with Gasteiger partial charge < -0.3 is 24.6 Å². The second-order valence-electron chi connectivity index (χ2n) is 4.54. The zero-order chi connectivity index (χ0) is 11.9. The molecular weight excluding hydrogens is 224 g/mol. The van der Waals surface area contributed by atoms with Crippen LogP contribution >= 0.6 is 0 Å². The SMILES string of the molecule is OC[C@H]1O[C@@H](N2C=CC=NC2)[C@@]2(CCO2)[C@@H]1O. The number of aliphatic hydroxyl groups excluding tert-OH is 2. The van der Waals surface area contributed by atoms with Crippen molar-refractivity contribution in [1.29, 1.82) is 0 Å². The van der Waals surface area contributed by atoms with Gasteiger partial charge in [-0.1, -0.05) is 0 Å². The molecule has 2 N–H and O–H groups in total. The Bertz CT molecular complexity index is 353. The summed E-state index contributed by atoms with van der Waals surface area (Å²) >= 11 is 0. The highest BCUT2D eigenvalue weighted by Gasteiger charge is 2.62. The third-order valence-corrected chi connectivity index (χ3v) is 3.63. The van der Waals surface area contributed by atoms with Crippen LogP contribution < -0.4 is 0 Å². The molecule has 4 atom stereocenters. The fourth-order valence-corrected chi connectivity index (χ4v) is 2.63. The van der Waals surface area contributed by atoms with Gasteiger partial charge in [-0.25, -0.2) is 0 Å². The lowest BCUT2D eigenvalue weighted by Gasteiger charge is -2.46. The molecule has 0 saturated carbocycles. The fourth-order valence-electron chi connectivity index (χ4n) is 2.63. The number of aliphatic imine (C=N–C) groups is 1. The fraction of sp³-hybridized carbons (Fsp3) is 0.727. The first kappa shape index (κ1) is 11.2. The van der Waals surface area contributed by atoms with Crippen molar-refractivity contribution in [2.45, 2.75) is 30.5 Å². The standard InChI is InChI=1S/C11H16N2O4/c14-6-8-9(15)11(2-5-16-11)10(17-8)13-4-1-3-12-7-13/h1,3-4,8-10,14-15H,2,5-7H2/t8-,9-,10-,11-/m1/s1. The molecule has 2 saturated heterocycles. The molecule has 0 aromatic heterocycles. The lowest BCUT2D eigenvalue weighted by molar-refractivity contribution is -0.233. The maximum absolute atomic E-state index is 10.2. The average molecular weight is 240 g/mol. The van der Waals surface area contributed by atoms with Crippen LogP contribution in [0.2, 0.25) is 0 Å². The number of nitrogens with zero attached hydrogens (tertiary/aromatic N) is 2. The largest absolute Gasteiger partial charge is 0.394 e. The van der Waals surface area contributed by atoms with Gasteiger partial charge in [0.05, 0.1) is 13.2 Å². The van der Waals surface area contributed by atoms with Crippen molar-refractivity contribution in [3.05, 3.63) is 12.3 Å². The van der Waals surface area contributed by atoms with E-state index >= 15 is 0 Å². The molecule has 3 rings (SSSR count). The lowest BCUT2D eigenvalue weighted by Crippen LogP contribution is -2.62. The summed E-state index contributed by atoms with van der Waals surface area (Å²) < 4.78 is 11.3. The molecule has 0 amide bonds. The van der Waals surface area contributed by atoms with Gasteiger partial charge in [0.15, 0.2) is 6.23 Å². The summed E-state index contributed by atoms with van der Waals surface area (Å²) in [6, 6.07) is 0. The first-order valence-electron chi connectivity index (χ1n) is 5.78. The molecule has 0 aromatic carbocycles. The van der Waals surface area contributed by atoms with E-state index in [1.807, 2.05) is 17.2 Å². The van der Waals surface area contributed by atoms with E-state index < -0.39 is 17.8 Å². The summed E-state index contributed by atoms with van der Waals surface area (Å²) in [7, 11) is 0. The molecule has 0 unspecified atom stereocenters. The summed E-state index contributed by atoms with van der Waals surface area (Å²) in [5, 5.41) is 19.4. The van der Waals surface area contributed by atoms with Crippen LogP contribution in [-0.2, 0) is 9.47 Å². The normalized spacial score (nSPS) is 44.4. The molecule has 3 aliphatic heterocycles. The van der Waals surface area contributed by atoms with Crippen molar-refractivity contribution < 1.29 is 19.7 Å². The number of hydrogen-bond acceptors (Lipinski definition) is 6. The van der Waals surface area contributed by atoms with Crippen LogP contribution in [0.3, 0.4) is 0 Å². The minimum Gasteiger partial charge on any atom is -0.394 e. The molecule has 0 aliphatic carbocycles. The highest BCUT2D eigenvalue weighted by atomic mass is 16.6. The minimum absolute atomic E-state index is 0.205. The quantitative estimate of drug-likeness (QED) is 0.653. The van der Waals surface area contributed by atoms with E-state index in [0.717, 1.165) is 6.42 Å². The van der Waals surface area contributed by atoms with E-state index in [1.54, 1.807) is 6.21 Å². The summed E-state index contributed by atoms with van der Waals surface area (Å²) in [6.45, 7) is 0.899. The molecule has 94 valence electrons. The Hall–Kier alpha value is -0.950. The first-order valence-corrected chi connectivity index (χ1v) is 5.78. The van der Waals surface area contributed by atoms with E-state index in [9.17, 15) is 10.2 Å². The summed E-state index contributed by atoms with van der Waals surface area (Å²) in [4.78, 5) is 6.02. The molecule has 3 aliphatic rings. The molecule has 2 fully saturated rings. The van der Waals surface area contributed by atoms with Gasteiger partial charge >= 0.3 is 0 Å². The van der Waals surface area contributed by atoms with Crippen LogP contribution in [0.15, 0.2) is 17.3 Å². The van der Waals surface area contributed by atoms with Crippen LogP contribution in [0.1, 0.15) is 6.42 Å². The van der Waals surface area contributed by atoms with Crippen molar-refractivity contribution in [3.8, 4) is 0 Å². The molecule has 6 heteroatoms. The first-order chi connectivity index (χ1) is 8.28. The monoisotopic (exact) mass is 240 g/mol. The summed E-state index contributed by atoms with van der Waals surface area (Å²) in [6.07, 6.45) is 4.40. The minimum atomic E-state index is -0.787. The van der Waals surface area contributed by atoms with Gasteiger partial charge in [-0.05, 0) is 6.08 Å². The van der Waals surface area contributed by atoms with Crippen LogP contribution in [0.4, 0.5) is 0 Å². The molecule has 0 bridgehead atoms. The smallest absolute Gasteiger partial charge is 0.163 e. The van der Waals surface area contributed by atoms with Crippen LogP contribution in [0.5, 0.6) is 0 Å². The Morgan fingerprint density at radius 1 is 1.53 bits per heavy atom. The maximum Gasteiger partial charge on any atom is 0.163 e. The maximum atomic E-state index is 10.2. The second-order valence-corrected chi connectivity index (χ2v) is 4.54. The number of allylic oxidation sites excluding steroid dienone is 1. The topological polar surface area (TPSA) is 74.5 Å². The Morgan fingerprint density at radius 2 is 2.35 bits per heavy atom. The van der Waals surface area contributed by atoms with Crippen molar-refractivity contribution in [3.63, 3.8) is 0 Å². The second kappa shape index (κ2) is 4.06. The van der Waals surface area contributed by atoms with Crippen LogP contribution in [0, 0.1) is 0 Å². The van der Waals surface area contributed by atoms with Gasteiger partial charge in [0.25, 0.3) is 0 Å². The third kappa shape index (κ3) is 1.52. The van der Waals surface area contributed by atoms with Gasteiger partial charge in [-0.15, -0.1) is 0 Å². The van der Waals surface area contributed by atoms with Gasteiger partial charge in [-0.3, -0.25) is 4.99 Å². The van der Waals surface area contributed by atoms with E-state index in [2.05, 4.69) is 4.99 Å². The number of hydrogen-bond donors (Lipinski definition) is 2. The molecule has 0 radical (unpaired) electrons. The van der Waals surface area contributed by atoms with Crippen LogP contribution in [-0.4, -0.2) is 65.2 Å². The Balaban J connectivity index is 1.83. The van der Waals surface area contributed by atoms with Gasteiger partial charge in [0, 0.05) is 18.8 Å². The predicted octanol–water partition coefficient (Wildman–Crippen LogP) is -0.919. The molecule has 3 heterocycles. The highest BCUT2D eigenvalue weighted by Crippen LogP contribution is 2.44. The van der Waals surface area contributed by atoms with Gasteiger partial charge in [0.1, 0.15) is 24.5 Å². The number of aliphatic hydroxyl groups is 2. The predicted molar refractivity (Wildman–Crippen MR) is 59.4 cm³/mol. The van der Waals surface area contributed by atoms with Crippen molar-refractivity contribution in [2.24, 2.45) is 4.99 Å². The Kier molecular flexibility index (Phi) is 2.67. The summed E-state index contributed by atoms with van der Waals surface area (Å²) in [5.74, 6) is 0. The van der Waals surface area contributed by atoms with E-state index in [-0.39, 0.29) is 12.8 Å². The lowest BCUT2D eigenvalue weighted by atomic mass is 9.86. The average Bonchev–Trinajstić information content (AvgIpc) is 2.63. The van der Waals surface area contributed by atoms with Crippen molar-refractivity contribution >= 4 is 6.21 Å². The molecule has 17 heavy (non-hydrogen) atoms. The van der Waals surface area contributed by atoms with Crippen molar-refractivity contribution in [2.75, 3.05) is 19.9 Å². The number of ether oxygens (including phenoxy) is 2. The van der Waals surface area contributed by atoms with E-state index in [4.69, 9.17) is 9.47 Å². The third-order valence-electron chi connectivity index (χ3n) is 3.63. The Labute approximate surface area is 99.2 Å². The Morgan fingerprint density at radius 3 is 2.88 bits per heavy atom. The van der Waals surface area contributed by atoms with E-state index in [1.165, 1.54) is 0 Å². The zero-order valence-electron chi connectivity index (χ0n) is 9.40. The van der Waals surface area contributed by atoms with Gasteiger partial charge in [0.2, 0.25) is 0 Å². The summed E-state index contributed by atoms with van der Waals surface area (Å²) in [5.41, 5.74) is -0.704. The molecular formula is C11H16N2O4. The molecule has 6 nitrogen and oxygen atoms in total. The number of rotatable bonds is 2. The zero-order valence-corrected chi connectivity index (χ0v) is 9.40. The van der Waals surface area contributed by atoms with Crippen molar-refractivity contribution in [1.82, 2.24) is 4.90 Å². The van der Waals surface area contributed by atoms with Gasteiger partial charge in [-0.2, -0.15) is 0 Å². The molecule has 1 spiro atoms. The highest BCUT2D eigenvalue weighted by molar-refractivity contribution is 5.71. The van der Waals surface area contributed by atoms with Crippen LogP contribution in [0.25, 0.3) is 0 Å². The van der Waals surface area contributed by atoms with E-state index in [0.29, 0.717) is 13.3 Å².